The molecule has 0 aliphatic rings. The van der Waals surface area contributed by atoms with E-state index in [9.17, 15) is 0 Å². The summed E-state index contributed by atoms with van der Waals surface area (Å²) in [5.41, 5.74) is 3.71. The predicted octanol–water partition coefficient (Wildman–Crippen LogP) is 4.17. The fourth-order valence-corrected chi connectivity index (χ4v) is 2.22. The van der Waals surface area contributed by atoms with E-state index in [-0.39, 0.29) is 0 Å². The standard InChI is InChI=1S/C15H14ClN3/c1-10(2)12-9-15-17-13(8-14(16)19(15)18-12)11-6-4-3-5-7-11/h3-10H,1-2H3. The van der Waals surface area contributed by atoms with E-state index in [1.54, 1.807) is 4.52 Å². The summed E-state index contributed by atoms with van der Waals surface area (Å²) in [5, 5.41) is 5.05. The highest BCUT2D eigenvalue weighted by atomic mass is 35.5. The average Bonchev–Trinajstić information content (AvgIpc) is 2.84. The molecular formula is C15H14ClN3. The van der Waals surface area contributed by atoms with Crippen LogP contribution < -0.4 is 0 Å². The molecular weight excluding hydrogens is 258 g/mol. The van der Waals surface area contributed by atoms with Crippen LogP contribution in [0, 0.1) is 0 Å². The van der Waals surface area contributed by atoms with Gasteiger partial charge in [-0.15, -0.1) is 0 Å². The summed E-state index contributed by atoms with van der Waals surface area (Å²) in [6.45, 7) is 4.21. The third-order valence-electron chi connectivity index (χ3n) is 3.06. The summed E-state index contributed by atoms with van der Waals surface area (Å²) in [6, 6.07) is 13.9. The van der Waals surface area contributed by atoms with Crippen LogP contribution in [0.15, 0.2) is 42.5 Å². The summed E-state index contributed by atoms with van der Waals surface area (Å²) in [7, 11) is 0. The van der Waals surface area contributed by atoms with Gasteiger partial charge in [-0.05, 0) is 5.92 Å². The molecule has 0 fully saturated rings. The maximum atomic E-state index is 6.29. The van der Waals surface area contributed by atoms with E-state index in [2.05, 4.69) is 23.9 Å². The normalized spacial score (nSPS) is 11.4. The third kappa shape index (κ3) is 2.22. The second-order valence-corrected chi connectivity index (χ2v) is 5.21. The van der Waals surface area contributed by atoms with Crippen molar-refractivity contribution in [1.82, 2.24) is 14.6 Å². The van der Waals surface area contributed by atoms with E-state index in [0.29, 0.717) is 11.1 Å². The Morgan fingerprint density at radius 1 is 1.11 bits per heavy atom. The van der Waals surface area contributed by atoms with E-state index in [1.807, 2.05) is 42.5 Å². The molecule has 2 heterocycles. The molecule has 3 nitrogen and oxygen atoms in total. The summed E-state index contributed by atoms with van der Waals surface area (Å²) < 4.78 is 1.68. The predicted molar refractivity (Wildman–Crippen MR) is 77.5 cm³/mol. The molecule has 0 saturated carbocycles. The van der Waals surface area contributed by atoms with Crippen LogP contribution in [0.5, 0.6) is 0 Å². The third-order valence-corrected chi connectivity index (χ3v) is 3.33. The summed E-state index contributed by atoms with van der Waals surface area (Å²) in [5.74, 6) is 0.359. The average molecular weight is 272 g/mol. The molecule has 3 aromatic rings. The van der Waals surface area contributed by atoms with E-state index < -0.39 is 0 Å². The fraction of sp³-hybridized carbons (Fsp3) is 0.200. The maximum absolute atomic E-state index is 6.29. The van der Waals surface area contributed by atoms with E-state index in [0.717, 1.165) is 22.6 Å². The number of hydrogen-bond donors (Lipinski definition) is 0. The van der Waals surface area contributed by atoms with Crippen LogP contribution in [0.1, 0.15) is 25.5 Å². The first-order chi connectivity index (χ1) is 9.15. The molecule has 0 saturated heterocycles. The first-order valence-corrected chi connectivity index (χ1v) is 6.64. The lowest BCUT2D eigenvalue weighted by molar-refractivity contribution is 0.787. The zero-order valence-electron chi connectivity index (χ0n) is 10.8. The molecule has 2 aromatic heterocycles. The van der Waals surface area contributed by atoms with Gasteiger partial charge < -0.3 is 0 Å². The van der Waals surface area contributed by atoms with Crippen molar-refractivity contribution in [1.29, 1.82) is 0 Å². The van der Waals surface area contributed by atoms with Crippen molar-refractivity contribution < 1.29 is 0 Å². The topological polar surface area (TPSA) is 30.2 Å². The van der Waals surface area contributed by atoms with Gasteiger partial charge in [0.25, 0.3) is 0 Å². The molecule has 0 spiro atoms. The molecule has 19 heavy (non-hydrogen) atoms. The SMILES string of the molecule is CC(C)c1cc2nc(-c3ccccc3)cc(Cl)n2n1. The highest BCUT2D eigenvalue weighted by molar-refractivity contribution is 6.30. The quantitative estimate of drug-likeness (QED) is 0.655. The Morgan fingerprint density at radius 2 is 1.84 bits per heavy atom. The van der Waals surface area contributed by atoms with Crippen molar-refractivity contribution in [2.24, 2.45) is 0 Å². The summed E-state index contributed by atoms with van der Waals surface area (Å²) in [4.78, 5) is 4.63. The van der Waals surface area contributed by atoms with Crippen LogP contribution in [0.4, 0.5) is 0 Å². The van der Waals surface area contributed by atoms with Gasteiger partial charge in [0.2, 0.25) is 0 Å². The molecule has 0 atom stereocenters. The maximum Gasteiger partial charge on any atom is 0.157 e. The lowest BCUT2D eigenvalue weighted by Gasteiger charge is -2.03. The molecule has 0 aliphatic carbocycles. The Hall–Kier alpha value is -1.87. The molecule has 0 bridgehead atoms. The lowest BCUT2D eigenvalue weighted by Crippen LogP contribution is -1.95. The summed E-state index contributed by atoms with van der Waals surface area (Å²) in [6.07, 6.45) is 0. The second-order valence-electron chi connectivity index (χ2n) is 4.82. The molecule has 0 radical (unpaired) electrons. The molecule has 0 amide bonds. The molecule has 0 aliphatic heterocycles. The van der Waals surface area contributed by atoms with Crippen LogP contribution in [0.3, 0.4) is 0 Å². The van der Waals surface area contributed by atoms with Gasteiger partial charge in [-0.2, -0.15) is 5.10 Å². The van der Waals surface area contributed by atoms with Gasteiger partial charge in [0.15, 0.2) is 5.65 Å². The highest BCUT2D eigenvalue weighted by Crippen LogP contribution is 2.24. The van der Waals surface area contributed by atoms with Crippen LogP contribution >= 0.6 is 11.6 Å². The van der Waals surface area contributed by atoms with Crippen molar-refractivity contribution in [3.8, 4) is 11.3 Å². The van der Waals surface area contributed by atoms with Gasteiger partial charge in [-0.25, -0.2) is 9.50 Å². The van der Waals surface area contributed by atoms with Gasteiger partial charge in [-0.1, -0.05) is 55.8 Å². The molecule has 96 valence electrons. The van der Waals surface area contributed by atoms with E-state index in [4.69, 9.17) is 11.6 Å². The Bertz CT molecular complexity index is 717. The molecule has 0 N–H and O–H groups in total. The van der Waals surface area contributed by atoms with Crippen LogP contribution in [-0.2, 0) is 0 Å². The highest BCUT2D eigenvalue weighted by Gasteiger charge is 2.11. The molecule has 0 unspecified atom stereocenters. The molecule has 1 aromatic carbocycles. The van der Waals surface area contributed by atoms with Crippen LogP contribution in [-0.4, -0.2) is 14.6 Å². The minimum Gasteiger partial charge on any atom is -0.228 e. The van der Waals surface area contributed by atoms with Crippen molar-refractivity contribution in [2.75, 3.05) is 0 Å². The molecule has 3 rings (SSSR count). The van der Waals surface area contributed by atoms with Crippen molar-refractivity contribution in [3.05, 3.63) is 53.3 Å². The number of nitrogens with zero attached hydrogens (tertiary/aromatic N) is 3. The Kier molecular flexibility index (Phi) is 2.99. The van der Waals surface area contributed by atoms with Crippen molar-refractivity contribution >= 4 is 17.2 Å². The van der Waals surface area contributed by atoms with Gasteiger partial charge in [0, 0.05) is 17.7 Å². The minimum atomic E-state index is 0.359. The first kappa shape index (κ1) is 12.2. The largest absolute Gasteiger partial charge is 0.228 e. The number of benzene rings is 1. The minimum absolute atomic E-state index is 0.359. The smallest absolute Gasteiger partial charge is 0.157 e. The number of rotatable bonds is 2. The van der Waals surface area contributed by atoms with E-state index in [1.165, 1.54) is 0 Å². The Balaban J connectivity index is 2.19. The lowest BCUT2D eigenvalue weighted by atomic mass is 10.1. The monoisotopic (exact) mass is 271 g/mol. The Labute approximate surface area is 116 Å². The number of fused-ring (bicyclic) bond motifs is 1. The first-order valence-electron chi connectivity index (χ1n) is 6.27. The van der Waals surface area contributed by atoms with Gasteiger partial charge in [-0.3, -0.25) is 0 Å². The summed E-state index contributed by atoms with van der Waals surface area (Å²) >= 11 is 6.29. The van der Waals surface area contributed by atoms with Crippen molar-refractivity contribution in [2.45, 2.75) is 19.8 Å². The van der Waals surface area contributed by atoms with Crippen LogP contribution in [0.2, 0.25) is 5.15 Å². The van der Waals surface area contributed by atoms with E-state index >= 15 is 0 Å². The number of aromatic nitrogens is 3. The zero-order chi connectivity index (χ0) is 13.4. The van der Waals surface area contributed by atoms with Crippen LogP contribution in [0.25, 0.3) is 16.9 Å². The molecule has 4 heteroatoms. The number of halogens is 1. The Morgan fingerprint density at radius 3 is 2.53 bits per heavy atom. The van der Waals surface area contributed by atoms with Gasteiger partial charge >= 0.3 is 0 Å². The van der Waals surface area contributed by atoms with Gasteiger partial charge in [0.1, 0.15) is 5.15 Å². The van der Waals surface area contributed by atoms with Crippen molar-refractivity contribution in [3.63, 3.8) is 0 Å². The second kappa shape index (κ2) is 4.67. The van der Waals surface area contributed by atoms with Gasteiger partial charge in [0.05, 0.1) is 11.4 Å². The zero-order valence-corrected chi connectivity index (χ0v) is 11.6. The number of hydrogen-bond acceptors (Lipinski definition) is 2. The fourth-order valence-electron chi connectivity index (χ4n) is 1.99.